The molecule has 28 heavy (non-hydrogen) atoms. The van der Waals surface area contributed by atoms with Crippen molar-refractivity contribution in [3.05, 3.63) is 73.8 Å². The summed E-state index contributed by atoms with van der Waals surface area (Å²) in [6, 6.07) is 9.51. The fourth-order valence-corrected chi connectivity index (χ4v) is 3.09. The standard InChI is InChI=1S/C17H14F3N3O5/c18-17(19,20)12-8-13(22(24)25)16(14(9-12)23(26)27)21-6-7-28-15(10-21)11-4-2-1-3-5-11/h1-5,8-9,15H,6-7,10H2. The first-order chi connectivity index (χ1) is 13.2. The molecule has 0 saturated carbocycles. The van der Waals surface area contributed by atoms with Crippen LogP contribution in [0.2, 0.25) is 0 Å². The first kappa shape index (κ1) is 19.5. The summed E-state index contributed by atoms with van der Waals surface area (Å²) in [5.74, 6) is 0. The smallest absolute Gasteiger partial charge is 0.370 e. The molecule has 8 nitrogen and oxygen atoms in total. The molecule has 1 saturated heterocycles. The maximum Gasteiger partial charge on any atom is 0.416 e. The second-order valence-corrected chi connectivity index (χ2v) is 6.09. The summed E-state index contributed by atoms with van der Waals surface area (Å²) < 4.78 is 44.8. The molecule has 0 spiro atoms. The van der Waals surface area contributed by atoms with Gasteiger partial charge in [0.05, 0.1) is 22.0 Å². The Balaban J connectivity index is 2.09. The second-order valence-electron chi connectivity index (χ2n) is 6.09. The highest BCUT2D eigenvalue weighted by atomic mass is 19.4. The molecule has 1 atom stereocenters. The van der Waals surface area contributed by atoms with Crippen molar-refractivity contribution in [2.24, 2.45) is 0 Å². The summed E-state index contributed by atoms with van der Waals surface area (Å²) >= 11 is 0. The van der Waals surface area contributed by atoms with E-state index in [2.05, 4.69) is 0 Å². The van der Waals surface area contributed by atoms with Crippen molar-refractivity contribution >= 4 is 17.1 Å². The van der Waals surface area contributed by atoms with E-state index in [4.69, 9.17) is 4.74 Å². The largest absolute Gasteiger partial charge is 0.416 e. The zero-order valence-corrected chi connectivity index (χ0v) is 14.3. The van der Waals surface area contributed by atoms with E-state index in [0.29, 0.717) is 12.1 Å². The number of ether oxygens (including phenoxy) is 1. The van der Waals surface area contributed by atoms with Crippen molar-refractivity contribution in [2.75, 3.05) is 24.6 Å². The summed E-state index contributed by atoms with van der Waals surface area (Å²) in [6.07, 6.45) is -5.48. The van der Waals surface area contributed by atoms with Crippen LogP contribution in [0.15, 0.2) is 42.5 Å². The molecule has 2 aromatic carbocycles. The predicted molar refractivity (Wildman–Crippen MR) is 92.1 cm³/mol. The Kier molecular flexibility index (Phi) is 5.18. The van der Waals surface area contributed by atoms with Crippen molar-refractivity contribution < 1.29 is 27.8 Å². The topological polar surface area (TPSA) is 98.8 Å². The van der Waals surface area contributed by atoms with Gasteiger partial charge in [0.15, 0.2) is 5.69 Å². The number of anilines is 1. The first-order valence-electron chi connectivity index (χ1n) is 8.14. The molecule has 0 aliphatic carbocycles. The average molecular weight is 397 g/mol. The van der Waals surface area contributed by atoms with Gasteiger partial charge in [0.1, 0.15) is 6.10 Å². The molecule has 1 heterocycles. The highest BCUT2D eigenvalue weighted by Gasteiger charge is 2.40. The van der Waals surface area contributed by atoms with Crippen LogP contribution >= 0.6 is 0 Å². The number of alkyl halides is 3. The third kappa shape index (κ3) is 3.88. The van der Waals surface area contributed by atoms with Gasteiger partial charge in [0.2, 0.25) is 0 Å². The summed E-state index contributed by atoms with van der Waals surface area (Å²) in [7, 11) is 0. The quantitative estimate of drug-likeness (QED) is 0.569. The maximum absolute atomic E-state index is 13.1. The van der Waals surface area contributed by atoms with Crippen molar-refractivity contribution in [1.29, 1.82) is 0 Å². The zero-order chi connectivity index (χ0) is 20.5. The van der Waals surface area contributed by atoms with Crippen LogP contribution < -0.4 is 4.90 Å². The SMILES string of the molecule is O=[N+]([O-])c1cc(C(F)(F)F)cc([N+](=O)[O-])c1N1CCOC(c2ccccc2)C1. The number of hydrogen-bond acceptors (Lipinski definition) is 6. The van der Waals surface area contributed by atoms with Crippen LogP contribution in [0.4, 0.5) is 30.2 Å². The van der Waals surface area contributed by atoms with Gasteiger partial charge in [-0.05, 0) is 5.56 Å². The van der Waals surface area contributed by atoms with Crippen LogP contribution in [-0.2, 0) is 10.9 Å². The van der Waals surface area contributed by atoms with Crippen LogP contribution in [0.1, 0.15) is 17.2 Å². The van der Waals surface area contributed by atoms with E-state index in [9.17, 15) is 33.4 Å². The number of nitro groups is 2. The molecule has 148 valence electrons. The molecular formula is C17H14F3N3O5. The molecule has 0 aromatic heterocycles. The number of morpholine rings is 1. The van der Waals surface area contributed by atoms with Crippen LogP contribution in [0, 0.1) is 20.2 Å². The normalized spacial score (nSPS) is 17.4. The van der Waals surface area contributed by atoms with Gasteiger partial charge in [-0.15, -0.1) is 0 Å². The molecule has 2 aromatic rings. The molecule has 1 fully saturated rings. The average Bonchev–Trinajstić information content (AvgIpc) is 2.67. The minimum absolute atomic E-state index is 0.0249. The number of nitro benzene ring substituents is 2. The van der Waals surface area contributed by atoms with Gasteiger partial charge in [-0.2, -0.15) is 13.2 Å². The van der Waals surface area contributed by atoms with Crippen molar-refractivity contribution in [2.45, 2.75) is 12.3 Å². The highest BCUT2D eigenvalue weighted by Crippen LogP contribution is 2.44. The van der Waals surface area contributed by atoms with E-state index in [1.807, 2.05) is 0 Å². The van der Waals surface area contributed by atoms with Gasteiger partial charge in [-0.1, -0.05) is 30.3 Å². The maximum atomic E-state index is 13.1. The number of benzene rings is 2. The van der Waals surface area contributed by atoms with E-state index in [1.165, 1.54) is 4.90 Å². The highest BCUT2D eigenvalue weighted by molar-refractivity contribution is 5.76. The summed E-state index contributed by atoms with van der Waals surface area (Å²) in [6.45, 7) is 0.197. The molecule has 3 rings (SSSR count). The van der Waals surface area contributed by atoms with E-state index in [1.54, 1.807) is 30.3 Å². The Morgan fingerprint density at radius 2 is 1.61 bits per heavy atom. The number of rotatable bonds is 4. The Morgan fingerprint density at radius 3 is 2.11 bits per heavy atom. The van der Waals surface area contributed by atoms with Crippen LogP contribution in [0.3, 0.4) is 0 Å². The molecule has 0 bridgehead atoms. The molecule has 1 aliphatic rings. The van der Waals surface area contributed by atoms with Crippen molar-refractivity contribution in [3.63, 3.8) is 0 Å². The predicted octanol–water partition coefficient (Wildman–Crippen LogP) is 4.10. The lowest BCUT2D eigenvalue weighted by Crippen LogP contribution is -2.39. The van der Waals surface area contributed by atoms with Gasteiger partial charge < -0.3 is 9.64 Å². The Labute approximate surface area is 156 Å². The molecule has 0 N–H and O–H groups in total. The fraction of sp³-hybridized carbons (Fsp3) is 0.294. The van der Waals surface area contributed by atoms with E-state index >= 15 is 0 Å². The summed E-state index contributed by atoms with van der Waals surface area (Å²) in [5, 5.41) is 22.9. The van der Waals surface area contributed by atoms with Crippen LogP contribution in [0.25, 0.3) is 0 Å². The Hall–Kier alpha value is -3.21. The lowest BCUT2D eigenvalue weighted by atomic mass is 10.1. The fourth-order valence-electron chi connectivity index (χ4n) is 3.09. The number of hydrogen-bond donors (Lipinski definition) is 0. The van der Waals surface area contributed by atoms with E-state index in [0.717, 1.165) is 5.56 Å². The Bertz CT molecular complexity index is 870. The number of nitrogens with zero attached hydrogens (tertiary/aromatic N) is 3. The van der Waals surface area contributed by atoms with Gasteiger partial charge in [0, 0.05) is 25.2 Å². The van der Waals surface area contributed by atoms with Gasteiger partial charge in [-0.25, -0.2) is 0 Å². The third-order valence-corrected chi connectivity index (χ3v) is 4.34. The van der Waals surface area contributed by atoms with Gasteiger partial charge >= 0.3 is 6.18 Å². The van der Waals surface area contributed by atoms with Crippen LogP contribution in [0.5, 0.6) is 0 Å². The molecular weight excluding hydrogens is 383 g/mol. The second kappa shape index (κ2) is 7.43. The molecule has 1 aliphatic heterocycles. The van der Waals surface area contributed by atoms with Crippen molar-refractivity contribution in [1.82, 2.24) is 0 Å². The Morgan fingerprint density at radius 1 is 1.04 bits per heavy atom. The molecule has 11 heteroatoms. The number of halogens is 3. The monoisotopic (exact) mass is 397 g/mol. The minimum atomic E-state index is -4.95. The summed E-state index contributed by atoms with van der Waals surface area (Å²) in [5.41, 5.74) is -3.07. The third-order valence-electron chi connectivity index (χ3n) is 4.34. The minimum Gasteiger partial charge on any atom is -0.370 e. The van der Waals surface area contributed by atoms with Crippen LogP contribution in [-0.4, -0.2) is 29.5 Å². The summed E-state index contributed by atoms with van der Waals surface area (Å²) in [4.78, 5) is 22.1. The molecule has 0 radical (unpaired) electrons. The zero-order valence-electron chi connectivity index (χ0n) is 14.3. The van der Waals surface area contributed by atoms with E-state index in [-0.39, 0.29) is 19.7 Å². The van der Waals surface area contributed by atoms with E-state index < -0.39 is 44.8 Å². The first-order valence-corrected chi connectivity index (χ1v) is 8.14. The van der Waals surface area contributed by atoms with Crippen molar-refractivity contribution in [3.8, 4) is 0 Å². The molecule has 1 unspecified atom stereocenters. The lowest BCUT2D eigenvalue weighted by Gasteiger charge is -2.34. The molecule has 0 amide bonds. The lowest BCUT2D eigenvalue weighted by molar-refractivity contribution is -0.393. The van der Waals surface area contributed by atoms with Gasteiger partial charge in [-0.3, -0.25) is 20.2 Å². The van der Waals surface area contributed by atoms with Gasteiger partial charge in [0.25, 0.3) is 11.4 Å².